The van der Waals surface area contributed by atoms with Gasteiger partial charge in [0.1, 0.15) is 0 Å². The molecule has 1 atom stereocenters. The lowest BCUT2D eigenvalue weighted by Crippen LogP contribution is -2.49. The number of piperidine rings is 1. The summed E-state index contributed by atoms with van der Waals surface area (Å²) in [5, 5.41) is 12.0. The number of aromatic nitrogens is 2. The Morgan fingerprint density at radius 2 is 2.00 bits per heavy atom. The Hall–Kier alpha value is -1.94. The van der Waals surface area contributed by atoms with Crippen LogP contribution >= 0.6 is 0 Å². The number of nitrogens with zero attached hydrogens (tertiary/aromatic N) is 3. The Bertz CT molecular complexity index is 597. The minimum Gasteiger partial charge on any atom is -0.354 e. The molecule has 3 rings (SSSR count). The average Bonchev–Trinajstić information content (AvgIpc) is 2.62. The van der Waals surface area contributed by atoms with Crippen molar-refractivity contribution in [3.05, 3.63) is 54.2 Å². The van der Waals surface area contributed by atoms with Crippen molar-refractivity contribution in [2.75, 3.05) is 24.5 Å². The molecule has 0 spiro atoms. The van der Waals surface area contributed by atoms with E-state index in [1.807, 2.05) is 12.1 Å². The van der Waals surface area contributed by atoms with Crippen molar-refractivity contribution in [3.8, 4) is 0 Å². The van der Waals surface area contributed by atoms with Crippen LogP contribution < -0.4 is 10.2 Å². The highest BCUT2D eigenvalue weighted by atomic mass is 15.3. The third-order valence-electron chi connectivity index (χ3n) is 4.69. The smallest absolute Gasteiger partial charge is 0.151 e. The molecule has 0 saturated carbocycles. The van der Waals surface area contributed by atoms with Crippen LogP contribution in [0.2, 0.25) is 0 Å². The van der Waals surface area contributed by atoms with Crippen LogP contribution in [0, 0.1) is 0 Å². The Morgan fingerprint density at radius 3 is 2.74 bits per heavy atom. The van der Waals surface area contributed by atoms with Crippen molar-refractivity contribution >= 4 is 5.82 Å². The molecule has 0 unspecified atom stereocenters. The molecular weight excluding hydrogens is 284 g/mol. The predicted octanol–water partition coefficient (Wildman–Crippen LogP) is 3.01. The average molecular weight is 310 g/mol. The highest BCUT2D eigenvalue weighted by Crippen LogP contribution is 2.23. The van der Waals surface area contributed by atoms with Gasteiger partial charge in [0.05, 0.1) is 0 Å². The molecule has 0 amide bonds. The van der Waals surface area contributed by atoms with E-state index in [1.165, 1.54) is 18.4 Å². The van der Waals surface area contributed by atoms with E-state index in [1.54, 1.807) is 6.20 Å². The van der Waals surface area contributed by atoms with Crippen molar-refractivity contribution in [1.82, 2.24) is 15.5 Å². The SMILES string of the molecule is CC(C)(CN[C@H]1CCCN(c2cccnn2)C1)c1ccccc1. The summed E-state index contributed by atoms with van der Waals surface area (Å²) in [7, 11) is 0. The topological polar surface area (TPSA) is 41.0 Å². The van der Waals surface area contributed by atoms with E-state index in [0.717, 1.165) is 25.5 Å². The lowest BCUT2D eigenvalue weighted by atomic mass is 9.84. The number of hydrogen-bond acceptors (Lipinski definition) is 4. The molecule has 1 aromatic heterocycles. The van der Waals surface area contributed by atoms with Gasteiger partial charge in [0.2, 0.25) is 0 Å². The van der Waals surface area contributed by atoms with Crippen molar-refractivity contribution in [3.63, 3.8) is 0 Å². The van der Waals surface area contributed by atoms with Crippen LogP contribution in [0.4, 0.5) is 5.82 Å². The third kappa shape index (κ3) is 4.08. The minimum atomic E-state index is 0.135. The highest BCUT2D eigenvalue weighted by Gasteiger charge is 2.25. The summed E-state index contributed by atoms with van der Waals surface area (Å²) < 4.78 is 0. The summed E-state index contributed by atoms with van der Waals surface area (Å²) in [6.07, 6.45) is 4.15. The predicted molar refractivity (Wildman–Crippen MR) is 94.7 cm³/mol. The first kappa shape index (κ1) is 15.9. The second kappa shape index (κ2) is 7.09. The molecule has 4 nitrogen and oxygen atoms in total. The molecule has 4 heteroatoms. The summed E-state index contributed by atoms with van der Waals surface area (Å²) in [6.45, 7) is 7.66. The maximum Gasteiger partial charge on any atom is 0.151 e. The second-order valence-electron chi connectivity index (χ2n) is 7.00. The molecule has 122 valence electrons. The van der Waals surface area contributed by atoms with Crippen LogP contribution in [0.1, 0.15) is 32.3 Å². The quantitative estimate of drug-likeness (QED) is 0.922. The molecule has 1 N–H and O–H groups in total. The number of anilines is 1. The summed E-state index contributed by atoms with van der Waals surface area (Å²) in [5.74, 6) is 0.987. The highest BCUT2D eigenvalue weighted by molar-refractivity contribution is 5.37. The fourth-order valence-corrected chi connectivity index (χ4v) is 3.20. The van der Waals surface area contributed by atoms with Gasteiger partial charge >= 0.3 is 0 Å². The first-order valence-corrected chi connectivity index (χ1v) is 8.47. The van der Waals surface area contributed by atoms with Gasteiger partial charge in [-0.15, -0.1) is 5.10 Å². The molecule has 1 aliphatic rings. The zero-order valence-electron chi connectivity index (χ0n) is 14.1. The summed E-state index contributed by atoms with van der Waals surface area (Å²) in [6, 6.07) is 15.3. The van der Waals surface area contributed by atoms with E-state index in [0.29, 0.717) is 6.04 Å². The molecule has 23 heavy (non-hydrogen) atoms. The van der Waals surface area contributed by atoms with Gasteiger partial charge in [0.15, 0.2) is 5.82 Å². The Balaban J connectivity index is 1.58. The monoisotopic (exact) mass is 310 g/mol. The van der Waals surface area contributed by atoms with E-state index < -0.39 is 0 Å². The fourth-order valence-electron chi connectivity index (χ4n) is 3.20. The van der Waals surface area contributed by atoms with Gasteiger partial charge in [-0.25, -0.2) is 0 Å². The number of benzene rings is 1. The van der Waals surface area contributed by atoms with Gasteiger partial charge in [-0.2, -0.15) is 5.10 Å². The van der Waals surface area contributed by atoms with Gasteiger partial charge in [-0.3, -0.25) is 0 Å². The molecule has 0 radical (unpaired) electrons. The zero-order valence-corrected chi connectivity index (χ0v) is 14.1. The van der Waals surface area contributed by atoms with Crippen molar-refractivity contribution in [1.29, 1.82) is 0 Å². The van der Waals surface area contributed by atoms with E-state index in [-0.39, 0.29) is 5.41 Å². The molecule has 0 aliphatic carbocycles. The Kier molecular flexibility index (Phi) is 4.91. The van der Waals surface area contributed by atoms with E-state index in [2.05, 4.69) is 64.6 Å². The normalized spacial score (nSPS) is 18.9. The van der Waals surface area contributed by atoms with Crippen LogP contribution in [0.25, 0.3) is 0 Å². The van der Waals surface area contributed by atoms with Crippen LogP contribution in [0.15, 0.2) is 48.7 Å². The summed E-state index contributed by atoms with van der Waals surface area (Å²) >= 11 is 0. The molecule has 2 aromatic rings. The third-order valence-corrected chi connectivity index (χ3v) is 4.69. The van der Waals surface area contributed by atoms with Gasteiger partial charge in [-0.1, -0.05) is 44.2 Å². The number of nitrogens with one attached hydrogen (secondary N) is 1. The molecular formula is C19H26N4. The van der Waals surface area contributed by atoms with Crippen molar-refractivity contribution in [2.24, 2.45) is 0 Å². The molecule has 2 heterocycles. The Labute approximate surface area is 138 Å². The van der Waals surface area contributed by atoms with Crippen LogP contribution in [0.3, 0.4) is 0 Å². The standard InChI is InChI=1S/C19H26N4/c1-19(2,16-8-4-3-5-9-16)15-20-17-10-7-13-23(14-17)18-11-6-12-21-22-18/h3-6,8-9,11-12,17,20H,7,10,13-15H2,1-2H3/t17-/m0/s1. The van der Waals surface area contributed by atoms with Crippen LogP contribution in [-0.4, -0.2) is 35.9 Å². The zero-order chi connectivity index (χ0) is 16.1. The van der Waals surface area contributed by atoms with Gasteiger partial charge in [-0.05, 0) is 30.5 Å². The van der Waals surface area contributed by atoms with Gasteiger partial charge in [0.25, 0.3) is 0 Å². The van der Waals surface area contributed by atoms with Crippen molar-refractivity contribution in [2.45, 2.75) is 38.1 Å². The largest absolute Gasteiger partial charge is 0.354 e. The minimum absolute atomic E-state index is 0.135. The molecule has 1 fully saturated rings. The van der Waals surface area contributed by atoms with E-state index >= 15 is 0 Å². The van der Waals surface area contributed by atoms with E-state index in [4.69, 9.17) is 0 Å². The van der Waals surface area contributed by atoms with Gasteiger partial charge in [0, 0.05) is 37.3 Å². The summed E-state index contributed by atoms with van der Waals surface area (Å²) in [4.78, 5) is 2.34. The first-order valence-electron chi connectivity index (χ1n) is 8.47. The van der Waals surface area contributed by atoms with Crippen molar-refractivity contribution < 1.29 is 0 Å². The fraction of sp³-hybridized carbons (Fsp3) is 0.474. The molecule has 1 saturated heterocycles. The second-order valence-corrected chi connectivity index (χ2v) is 7.00. The molecule has 1 aliphatic heterocycles. The maximum atomic E-state index is 4.24. The Morgan fingerprint density at radius 1 is 1.17 bits per heavy atom. The van der Waals surface area contributed by atoms with Gasteiger partial charge < -0.3 is 10.2 Å². The molecule has 0 bridgehead atoms. The lowest BCUT2D eigenvalue weighted by Gasteiger charge is -2.36. The molecule has 1 aromatic carbocycles. The van der Waals surface area contributed by atoms with Crippen LogP contribution in [0.5, 0.6) is 0 Å². The summed E-state index contributed by atoms with van der Waals surface area (Å²) in [5.41, 5.74) is 1.52. The van der Waals surface area contributed by atoms with Crippen LogP contribution in [-0.2, 0) is 5.41 Å². The lowest BCUT2D eigenvalue weighted by molar-refractivity contribution is 0.373. The number of hydrogen-bond donors (Lipinski definition) is 1. The first-order chi connectivity index (χ1) is 11.1. The van der Waals surface area contributed by atoms with E-state index in [9.17, 15) is 0 Å². The maximum absolute atomic E-state index is 4.24. The number of rotatable bonds is 5.